The van der Waals surface area contributed by atoms with E-state index in [0.29, 0.717) is 5.88 Å². The Bertz CT molecular complexity index is 890. The molecule has 24 heavy (non-hydrogen) atoms. The number of hydrogen-bond acceptors (Lipinski definition) is 4. The van der Waals surface area contributed by atoms with E-state index in [1.807, 2.05) is 44.7 Å². The fourth-order valence-electron chi connectivity index (χ4n) is 3.08. The average Bonchev–Trinajstić information content (AvgIpc) is 2.99. The zero-order valence-electron chi connectivity index (χ0n) is 13.5. The lowest BCUT2D eigenvalue weighted by Gasteiger charge is -2.29. The minimum absolute atomic E-state index is 0.00704. The van der Waals surface area contributed by atoms with Crippen LogP contribution in [0.5, 0.6) is 11.6 Å². The van der Waals surface area contributed by atoms with Crippen LogP contribution in [0.2, 0.25) is 0 Å². The summed E-state index contributed by atoms with van der Waals surface area (Å²) in [5, 5.41) is 0. The van der Waals surface area contributed by atoms with Gasteiger partial charge in [-0.2, -0.15) is 0 Å². The van der Waals surface area contributed by atoms with Crippen LogP contribution in [0.3, 0.4) is 0 Å². The summed E-state index contributed by atoms with van der Waals surface area (Å²) in [6, 6.07) is 10.1. The maximum absolute atomic E-state index is 6.01. The average molecular weight is 385 g/mol. The molecule has 3 aromatic rings. The van der Waals surface area contributed by atoms with Crippen LogP contribution in [0.1, 0.15) is 23.0 Å². The second kappa shape index (κ2) is 6.03. The second-order valence-electron chi connectivity index (χ2n) is 6.07. The molecule has 0 N–H and O–H groups in total. The third kappa shape index (κ3) is 2.61. The quantitative estimate of drug-likeness (QED) is 0.538. The molecule has 0 spiro atoms. The number of rotatable bonds is 3. The van der Waals surface area contributed by atoms with Crippen molar-refractivity contribution >= 4 is 15.9 Å². The Labute approximate surface area is 149 Å². The van der Waals surface area contributed by atoms with Crippen molar-refractivity contribution < 1.29 is 4.74 Å². The zero-order chi connectivity index (χ0) is 16.7. The molecule has 0 saturated heterocycles. The summed E-state index contributed by atoms with van der Waals surface area (Å²) in [4.78, 5) is 11.1. The number of imidazole rings is 1. The summed E-state index contributed by atoms with van der Waals surface area (Å²) in [6.45, 7) is 0.767. The van der Waals surface area contributed by atoms with Gasteiger partial charge < -0.3 is 14.2 Å². The molecular formula is C18H17BrN4O. The highest BCUT2D eigenvalue weighted by Gasteiger charge is 2.30. The van der Waals surface area contributed by atoms with E-state index < -0.39 is 0 Å². The van der Waals surface area contributed by atoms with Crippen LogP contribution in [0.15, 0.2) is 53.4 Å². The number of benzene rings is 1. The van der Waals surface area contributed by atoms with Gasteiger partial charge in [0.05, 0.1) is 12.6 Å². The fourth-order valence-corrected chi connectivity index (χ4v) is 3.46. The predicted molar refractivity (Wildman–Crippen MR) is 95.3 cm³/mol. The Hall–Kier alpha value is -2.18. The van der Waals surface area contributed by atoms with E-state index >= 15 is 0 Å². The van der Waals surface area contributed by atoms with Crippen molar-refractivity contribution in [3.8, 4) is 11.6 Å². The smallest absolute Gasteiger partial charge is 0.224 e. The molecule has 4 rings (SSSR count). The van der Waals surface area contributed by atoms with Crippen LogP contribution in [0.4, 0.5) is 0 Å². The van der Waals surface area contributed by atoms with Crippen LogP contribution in [-0.4, -0.2) is 33.5 Å². The van der Waals surface area contributed by atoms with Gasteiger partial charge in [-0.1, -0.05) is 15.9 Å². The molecule has 6 heteroatoms. The molecule has 1 atom stereocenters. The highest BCUT2D eigenvalue weighted by Crippen LogP contribution is 2.44. The number of nitrogens with zero attached hydrogens (tertiary/aromatic N) is 4. The Morgan fingerprint density at radius 3 is 2.88 bits per heavy atom. The van der Waals surface area contributed by atoms with Crippen LogP contribution in [0, 0.1) is 0 Å². The van der Waals surface area contributed by atoms with Gasteiger partial charge in [0.15, 0.2) is 0 Å². The van der Waals surface area contributed by atoms with Gasteiger partial charge in [-0.3, -0.25) is 0 Å². The van der Waals surface area contributed by atoms with E-state index in [-0.39, 0.29) is 6.04 Å². The van der Waals surface area contributed by atoms with Gasteiger partial charge in [0.2, 0.25) is 5.88 Å². The van der Waals surface area contributed by atoms with Crippen molar-refractivity contribution in [1.29, 1.82) is 0 Å². The summed E-state index contributed by atoms with van der Waals surface area (Å²) in [7, 11) is 4.09. The van der Waals surface area contributed by atoms with Crippen molar-refractivity contribution in [2.45, 2.75) is 12.6 Å². The van der Waals surface area contributed by atoms with E-state index in [2.05, 4.69) is 47.5 Å². The Kier molecular flexibility index (Phi) is 3.86. The molecule has 1 aliphatic rings. The summed E-state index contributed by atoms with van der Waals surface area (Å²) >= 11 is 3.58. The van der Waals surface area contributed by atoms with Crippen LogP contribution in [0.25, 0.3) is 0 Å². The summed E-state index contributed by atoms with van der Waals surface area (Å²) in [6.07, 6.45) is 5.63. The third-order valence-electron chi connectivity index (χ3n) is 4.05. The van der Waals surface area contributed by atoms with Gasteiger partial charge in [-0.15, -0.1) is 0 Å². The molecule has 1 aliphatic heterocycles. The molecule has 0 amide bonds. The molecule has 1 aromatic carbocycles. The minimum atomic E-state index is -0.00704. The molecule has 0 aliphatic carbocycles. The van der Waals surface area contributed by atoms with Gasteiger partial charge in [0, 0.05) is 34.2 Å². The first-order valence-corrected chi connectivity index (χ1v) is 8.51. The summed E-state index contributed by atoms with van der Waals surface area (Å²) in [5.74, 6) is 2.49. The first-order valence-electron chi connectivity index (χ1n) is 7.72. The van der Waals surface area contributed by atoms with E-state index in [9.17, 15) is 0 Å². The number of halogens is 1. The SMILES string of the molecule is CN(C)Cc1nccn1C1c2cc(Br)ccc2Oc2ncccc21. The molecule has 0 radical (unpaired) electrons. The largest absolute Gasteiger partial charge is 0.438 e. The van der Waals surface area contributed by atoms with Gasteiger partial charge in [0.1, 0.15) is 11.6 Å². The lowest BCUT2D eigenvalue weighted by atomic mass is 9.96. The first kappa shape index (κ1) is 15.4. The fraction of sp³-hybridized carbons (Fsp3) is 0.222. The molecule has 0 bridgehead atoms. The number of aromatic nitrogens is 3. The highest BCUT2D eigenvalue weighted by atomic mass is 79.9. The Morgan fingerprint density at radius 2 is 2.04 bits per heavy atom. The van der Waals surface area contributed by atoms with Gasteiger partial charge >= 0.3 is 0 Å². The number of pyridine rings is 1. The molecule has 0 fully saturated rings. The lowest BCUT2D eigenvalue weighted by Crippen LogP contribution is -2.22. The molecule has 5 nitrogen and oxygen atoms in total. The van der Waals surface area contributed by atoms with E-state index in [1.165, 1.54) is 0 Å². The van der Waals surface area contributed by atoms with E-state index in [0.717, 1.165) is 33.7 Å². The van der Waals surface area contributed by atoms with Gasteiger partial charge in [-0.05, 0) is 44.4 Å². The standard InChI is InChI=1S/C18H17BrN4O/c1-22(2)11-16-20-8-9-23(16)17-13-4-3-7-21-18(13)24-15-6-5-12(19)10-14(15)17/h3-10,17H,11H2,1-2H3. The number of hydrogen-bond donors (Lipinski definition) is 0. The Morgan fingerprint density at radius 1 is 1.17 bits per heavy atom. The Balaban J connectivity index is 1.92. The van der Waals surface area contributed by atoms with Crippen molar-refractivity contribution in [3.63, 3.8) is 0 Å². The summed E-state index contributed by atoms with van der Waals surface area (Å²) < 4.78 is 9.23. The maximum atomic E-state index is 6.01. The van der Waals surface area contributed by atoms with Crippen LogP contribution < -0.4 is 4.74 Å². The molecule has 122 valence electrons. The molecule has 0 saturated carbocycles. The van der Waals surface area contributed by atoms with Crippen molar-refractivity contribution in [2.75, 3.05) is 14.1 Å². The summed E-state index contributed by atoms with van der Waals surface area (Å²) in [5.41, 5.74) is 2.14. The van der Waals surface area contributed by atoms with Crippen LogP contribution >= 0.6 is 15.9 Å². The third-order valence-corrected chi connectivity index (χ3v) is 4.55. The van der Waals surface area contributed by atoms with E-state index in [1.54, 1.807) is 6.20 Å². The van der Waals surface area contributed by atoms with Gasteiger partial charge in [0.25, 0.3) is 0 Å². The van der Waals surface area contributed by atoms with Crippen molar-refractivity contribution in [1.82, 2.24) is 19.4 Å². The van der Waals surface area contributed by atoms with Crippen molar-refractivity contribution in [3.05, 3.63) is 70.3 Å². The number of ether oxygens (including phenoxy) is 1. The maximum Gasteiger partial charge on any atom is 0.224 e. The normalized spacial score (nSPS) is 15.8. The topological polar surface area (TPSA) is 43.2 Å². The molecule has 1 unspecified atom stereocenters. The van der Waals surface area contributed by atoms with Crippen molar-refractivity contribution in [2.24, 2.45) is 0 Å². The highest BCUT2D eigenvalue weighted by molar-refractivity contribution is 9.10. The lowest BCUT2D eigenvalue weighted by molar-refractivity contribution is 0.371. The van der Waals surface area contributed by atoms with Crippen LogP contribution in [-0.2, 0) is 6.54 Å². The second-order valence-corrected chi connectivity index (χ2v) is 6.99. The first-order chi connectivity index (χ1) is 11.6. The monoisotopic (exact) mass is 384 g/mol. The molecule has 3 heterocycles. The van der Waals surface area contributed by atoms with E-state index in [4.69, 9.17) is 4.74 Å². The van der Waals surface area contributed by atoms with Gasteiger partial charge in [-0.25, -0.2) is 9.97 Å². The molecular weight excluding hydrogens is 368 g/mol. The minimum Gasteiger partial charge on any atom is -0.438 e. The number of fused-ring (bicyclic) bond motifs is 2. The predicted octanol–water partition coefficient (Wildman–Crippen LogP) is 3.85. The zero-order valence-corrected chi connectivity index (χ0v) is 15.1. The molecule has 2 aromatic heterocycles.